The second kappa shape index (κ2) is 8.64. The van der Waals surface area contributed by atoms with Gasteiger partial charge in [-0.15, -0.1) is 0 Å². The van der Waals surface area contributed by atoms with E-state index in [0.717, 1.165) is 63.6 Å². The van der Waals surface area contributed by atoms with Crippen LogP contribution in [0.25, 0.3) is 0 Å². The number of hydrogen-bond acceptors (Lipinski definition) is 3. The first-order valence-electron chi connectivity index (χ1n) is 12.1. The maximum Gasteiger partial charge on any atom is 0.230 e. The minimum atomic E-state index is -0.220. The van der Waals surface area contributed by atoms with Crippen LogP contribution in [0.4, 0.5) is 5.69 Å². The highest BCUT2D eigenvalue weighted by Crippen LogP contribution is 2.37. The minimum Gasteiger partial charge on any atom is -0.339 e. The maximum absolute atomic E-state index is 13.5. The Morgan fingerprint density at radius 1 is 0.677 bits per heavy atom. The first-order chi connectivity index (χ1) is 15.1. The van der Waals surface area contributed by atoms with Crippen LogP contribution in [-0.4, -0.2) is 60.2 Å². The zero-order chi connectivity index (χ0) is 21.4. The van der Waals surface area contributed by atoms with Crippen LogP contribution in [-0.2, 0) is 20.8 Å². The van der Waals surface area contributed by atoms with Gasteiger partial charge in [0.25, 0.3) is 0 Å². The van der Waals surface area contributed by atoms with E-state index in [1.807, 2.05) is 32.9 Å². The Bertz CT molecular complexity index is 857. The molecule has 5 rings (SSSR count). The predicted molar refractivity (Wildman–Crippen MR) is 118 cm³/mol. The average molecular weight is 424 g/mol. The van der Waals surface area contributed by atoms with Gasteiger partial charge in [0.1, 0.15) is 0 Å². The molecule has 0 spiro atoms. The third-order valence-corrected chi connectivity index (χ3v) is 7.91. The largest absolute Gasteiger partial charge is 0.339 e. The summed E-state index contributed by atoms with van der Waals surface area (Å²) in [4.78, 5) is 45.3. The van der Waals surface area contributed by atoms with Gasteiger partial charge in [0.15, 0.2) is 0 Å². The van der Waals surface area contributed by atoms with Crippen LogP contribution in [0.1, 0.15) is 50.5 Å². The van der Waals surface area contributed by atoms with Gasteiger partial charge in [0, 0.05) is 50.2 Å². The molecule has 2 aliphatic heterocycles. The molecule has 1 aromatic carbocycles. The summed E-state index contributed by atoms with van der Waals surface area (Å²) in [5, 5.41) is 0. The highest BCUT2D eigenvalue weighted by molar-refractivity contribution is 5.99. The van der Waals surface area contributed by atoms with Crippen molar-refractivity contribution in [2.75, 3.05) is 37.6 Å². The zero-order valence-corrected chi connectivity index (χ0v) is 18.3. The highest BCUT2D eigenvalue weighted by Gasteiger charge is 2.42. The van der Waals surface area contributed by atoms with Crippen molar-refractivity contribution in [3.63, 3.8) is 0 Å². The molecule has 2 unspecified atom stereocenters. The molecule has 1 aromatic rings. The molecule has 3 fully saturated rings. The first kappa shape index (κ1) is 20.5. The van der Waals surface area contributed by atoms with Crippen LogP contribution in [0.3, 0.4) is 0 Å². The Morgan fingerprint density at radius 2 is 1.29 bits per heavy atom. The first-order valence-corrected chi connectivity index (χ1v) is 12.1. The molecule has 4 aliphatic rings. The van der Waals surface area contributed by atoms with Crippen molar-refractivity contribution < 1.29 is 14.4 Å². The van der Waals surface area contributed by atoms with Gasteiger partial charge in [-0.25, -0.2) is 0 Å². The van der Waals surface area contributed by atoms with E-state index in [0.29, 0.717) is 26.2 Å². The van der Waals surface area contributed by atoms with Gasteiger partial charge in [-0.3, -0.25) is 14.4 Å². The summed E-state index contributed by atoms with van der Waals surface area (Å²) in [6.45, 7) is 3.18. The van der Waals surface area contributed by atoms with Gasteiger partial charge >= 0.3 is 0 Å². The van der Waals surface area contributed by atoms with Crippen LogP contribution in [0.5, 0.6) is 0 Å². The normalized spacial score (nSPS) is 26.4. The smallest absolute Gasteiger partial charge is 0.230 e. The van der Waals surface area contributed by atoms with E-state index in [1.165, 1.54) is 5.56 Å². The Balaban J connectivity index is 1.24. The summed E-state index contributed by atoms with van der Waals surface area (Å²) in [5.41, 5.74) is 2.24. The number of piperazine rings is 1. The van der Waals surface area contributed by atoms with E-state index in [9.17, 15) is 14.4 Å². The van der Waals surface area contributed by atoms with E-state index in [2.05, 4.69) is 6.07 Å². The molecule has 6 nitrogen and oxygen atoms in total. The second-order valence-corrected chi connectivity index (χ2v) is 9.64. The molecule has 2 heterocycles. The number of rotatable bonds is 3. The summed E-state index contributed by atoms with van der Waals surface area (Å²) < 4.78 is 0. The minimum absolute atomic E-state index is 0.126. The maximum atomic E-state index is 13.5. The third-order valence-electron chi connectivity index (χ3n) is 7.91. The fourth-order valence-corrected chi connectivity index (χ4v) is 5.78. The molecule has 1 saturated heterocycles. The average Bonchev–Trinajstić information content (AvgIpc) is 3.21. The fraction of sp³-hybridized carbons (Fsp3) is 0.640. The molecule has 0 radical (unpaired) electrons. The van der Waals surface area contributed by atoms with Crippen molar-refractivity contribution >= 4 is 23.4 Å². The lowest BCUT2D eigenvalue weighted by Crippen LogP contribution is -2.55. The van der Waals surface area contributed by atoms with Crippen molar-refractivity contribution in [1.82, 2.24) is 9.80 Å². The molecule has 6 heteroatoms. The Hall–Kier alpha value is -2.37. The number of para-hydroxylation sites is 1. The monoisotopic (exact) mass is 423 g/mol. The highest BCUT2D eigenvalue weighted by atomic mass is 16.2. The number of carbonyl (C=O) groups excluding carboxylic acids is 3. The van der Waals surface area contributed by atoms with Gasteiger partial charge in [-0.1, -0.05) is 37.5 Å². The van der Waals surface area contributed by atoms with Crippen LogP contribution in [0.15, 0.2) is 24.3 Å². The summed E-state index contributed by atoms with van der Waals surface area (Å²) >= 11 is 0. The van der Waals surface area contributed by atoms with Gasteiger partial charge in [0.2, 0.25) is 17.7 Å². The molecule has 0 bridgehead atoms. The second-order valence-electron chi connectivity index (χ2n) is 9.64. The van der Waals surface area contributed by atoms with Crippen LogP contribution in [0, 0.1) is 17.8 Å². The molecular weight excluding hydrogens is 390 g/mol. The van der Waals surface area contributed by atoms with Crippen molar-refractivity contribution in [1.29, 1.82) is 0 Å². The number of fused-ring (bicyclic) bond motifs is 1. The number of hydrogen-bond donors (Lipinski definition) is 0. The molecule has 0 aromatic heterocycles. The van der Waals surface area contributed by atoms with Gasteiger partial charge in [-0.2, -0.15) is 0 Å². The van der Waals surface area contributed by atoms with E-state index in [4.69, 9.17) is 0 Å². The van der Waals surface area contributed by atoms with Crippen molar-refractivity contribution in [3.8, 4) is 0 Å². The summed E-state index contributed by atoms with van der Waals surface area (Å²) in [7, 11) is 0. The molecule has 0 N–H and O–H groups in total. The SMILES string of the molecule is O=C(C1CCC1)N1CCN(C(=O)C2CCCCC2C(=O)N2CCc3ccccc32)CC1. The quantitative estimate of drug-likeness (QED) is 0.751. The van der Waals surface area contributed by atoms with Crippen LogP contribution < -0.4 is 4.90 Å². The number of nitrogens with zero attached hydrogens (tertiary/aromatic N) is 3. The number of anilines is 1. The van der Waals surface area contributed by atoms with Crippen molar-refractivity contribution in [2.45, 2.75) is 51.4 Å². The van der Waals surface area contributed by atoms with E-state index < -0.39 is 0 Å². The van der Waals surface area contributed by atoms with Gasteiger partial charge in [-0.05, 0) is 43.7 Å². The molecule has 2 atom stereocenters. The van der Waals surface area contributed by atoms with E-state index in [1.54, 1.807) is 0 Å². The van der Waals surface area contributed by atoms with Gasteiger partial charge in [0.05, 0.1) is 5.92 Å². The third kappa shape index (κ3) is 3.85. The molecule has 3 amide bonds. The number of benzene rings is 1. The number of amides is 3. The summed E-state index contributed by atoms with van der Waals surface area (Å²) in [6, 6.07) is 8.13. The van der Waals surface area contributed by atoms with Crippen molar-refractivity contribution in [3.05, 3.63) is 29.8 Å². The molecule has 166 valence electrons. The predicted octanol–water partition coefficient (Wildman–Crippen LogP) is 2.85. The molecule has 2 saturated carbocycles. The molecular formula is C25H33N3O3. The Kier molecular flexibility index (Phi) is 5.72. The zero-order valence-electron chi connectivity index (χ0n) is 18.3. The number of carbonyl (C=O) groups is 3. The molecule has 31 heavy (non-hydrogen) atoms. The summed E-state index contributed by atoms with van der Waals surface area (Å²) in [6.07, 6.45) is 7.71. The van der Waals surface area contributed by atoms with E-state index in [-0.39, 0.29) is 35.5 Å². The van der Waals surface area contributed by atoms with Crippen LogP contribution in [0.2, 0.25) is 0 Å². The standard InChI is InChI=1S/C25H33N3O3/c29-23(19-7-5-8-19)26-14-16-27(17-15-26)24(30)20-9-2-3-10-21(20)25(31)28-13-12-18-6-1-4-11-22(18)28/h1,4,6,11,19-21H,2-3,5,7-10,12-17H2. The lowest BCUT2D eigenvalue weighted by atomic mass is 9.77. The van der Waals surface area contributed by atoms with E-state index >= 15 is 0 Å². The Labute approximate surface area is 184 Å². The Morgan fingerprint density at radius 3 is 1.94 bits per heavy atom. The summed E-state index contributed by atoms with van der Waals surface area (Å²) in [5.74, 6) is 0.302. The van der Waals surface area contributed by atoms with Gasteiger partial charge < -0.3 is 14.7 Å². The topological polar surface area (TPSA) is 60.9 Å². The fourth-order valence-electron chi connectivity index (χ4n) is 5.78. The lowest BCUT2D eigenvalue weighted by molar-refractivity contribution is -0.148. The van der Waals surface area contributed by atoms with Crippen molar-refractivity contribution in [2.24, 2.45) is 17.8 Å². The molecule has 2 aliphatic carbocycles. The lowest BCUT2D eigenvalue weighted by Gasteiger charge is -2.41. The van der Waals surface area contributed by atoms with Crippen LogP contribution >= 0.6 is 0 Å².